The van der Waals surface area contributed by atoms with E-state index in [4.69, 9.17) is 9.47 Å². The van der Waals surface area contributed by atoms with Crippen LogP contribution in [0.3, 0.4) is 0 Å². The van der Waals surface area contributed by atoms with Crippen LogP contribution in [0.4, 0.5) is 10.2 Å². The molecule has 0 aliphatic carbocycles. The number of aromatic amines is 1. The van der Waals surface area contributed by atoms with E-state index in [0.29, 0.717) is 30.9 Å². The molecule has 1 fully saturated rings. The minimum Gasteiger partial charge on any atom is -0.469 e. The highest BCUT2D eigenvalue weighted by atomic mass is 19.1. The highest BCUT2D eigenvalue weighted by Gasteiger charge is 2.26. The van der Waals surface area contributed by atoms with Crippen LogP contribution in [0.1, 0.15) is 6.42 Å². The van der Waals surface area contributed by atoms with Crippen molar-refractivity contribution >= 4 is 33.7 Å². The molecular formula is C17H17FN4O3. The molecule has 1 aliphatic heterocycles. The number of H-pyrrole nitrogens is 1. The van der Waals surface area contributed by atoms with Crippen LogP contribution in [0.15, 0.2) is 24.5 Å². The molecule has 8 heteroatoms. The SMILES string of the molecule is COC(=O)CC1CN(c2ncnc3[nH]c4cc(F)ccc4c23)CCO1. The lowest BCUT2D eigenvalue weighted by Crippen LogP contribution is -2.44. The fourth-order valence-electron chi connectivity index (χ4n) is 3.23. The minimum atomic E-state index is -0.307. The van der Waals surface area contributed by atoms with Crippen LogP contribution in [0.25, 0.3) is 21.9 Å². The summed E-state index contributed by atoms with van der Waals surface area (Å²) in [6.07, 6.45) is 1.42. The van der Waals surface area contributed by atoms with Gasteiger partial charge in [-0.15, -0.1) is 0 Å². The molecule has 0 bridgehead atoms. The van der Waals surface area contributed by atoms with E-state index in [1.54, 1.807) is 6.07 Å². The molecule has 2 aromatic heterocycles. The van der Waals surface area contributed by atoms with E-state index in [1.807, 2.05) is 0 Å². The van der Waals surface area contributed by atoms with Crippen molar-refractivity contribution < 1.29 is 18.7 Å². The largest absolute Gasteiger partial charge is 0.469 e. The van der Waals surface area contributed by atoms with Crippen LogP contribution in [0.5, 0.6) is 0 Å². The number of anilines is 1. The summed E-state index contributed by atoms with van der Waals surface area (Å²) in [5, 5.41) is 1.71. The van der Waals surface area contributed by atoms with Crippen molar-refractivity contribution in [2.24, 2.45) is 0 Å². The predicted octanol–water partition coefficient (Wildman–Crippen LogP) is 2.02. The Kier molecular flexibility index (Phi) is 3.96. The van der Waals surface area contributed by atoms with Gasteiger partial charge in [0.15, 0.2) is 0 Å². The molecule has 4 rings (SSSR count). The number of hydrogen-bond donors (Lipinski definition) is 1. The van der Waals surface area contributed by atoms with E-state index in [0.717, 1.165) is 16.6 Å². The third kappa shape index (κ3) is 2.89. The zero-order valence-electron chi connectivity index (χ0n) is 13.7. The number of fused-ring (bicyclic) bond motifs is 3. The van der Waals surface area contributed by atoms with Gasteiger partial charge in [0.2, 0.25) is 0 Å². The fraction of sp³-hybridized carbons (Fsp3) is 0.353. The van der Waals surface area contributed by atoms with Crippen LogP contribution in [-0.2, 0) is 14.3 Å². The number of hydrogen-bond acceptors (Lipinski definition) is 6. The van der Waals surface area contributed by atoms with Crippen LogP contribution in [-0.4, -0.2) is 53.8 Å². The molecule has 0 spiro atoms. The Hall–Kier alpha value is -2.74. The number of ether oxygens (including phenoxy) is 2. The molecule has 1 N–H and O–H groups in total. The minimum absolute atomic E-state index is 0.195. The molecule has 1 aromatic carbocycles. The number of methoxy groups -OCH3 is 1. The molecule has 0 radical (unpaired) electrons. The average Bonchev–Trinajstić information content (AvgIpc) is 2.99. The highest BCUT2D eigenvalue weighted by Crippen LogP contribution is 2.32. The first-order chi connectivity index (χ1) is 12.2. The molecular weight excluding hydrogens is 327 g/mol. The lowest BCUT2D eigenvalue weighted by molar-refractivity contribution is -0.144. The Morgan fingerprint density at radius 2 is 2.36 bits per heavy atom. The second-order valence-corrected chi connectivity index (χ2v) is 5.95. The summed E-state index contributed by atoms with van der Waals surface area (Å²) in [6.45, 7) is 1.66. The van der Waals surface area contributed by atoms with Gasteiger partial charge < -0.3 is 19.4 Å². The number of carbonyl (C=O) groups excluding carboxylic acids is 1. The Morgan fingerprint density at radius 1 is 1.48 bits per heavy atom. The molecule has 1 unspecified atom stereocenters. The first-order valence-corrected chi connectivity index (χ1v) is 8.01. The standard InChI is InChI=1S/C17H17FN4O3/c1-24-14(23)7-11-8-22(4-5-25-11)17-15-12-3-2-10(18)6-13(12)21-16(15)19-9-20-17/h2-3,6,9,11H,4-5,7-8H2,1H3,(H,19,20,21). The van der Waals surface area contributed by atoms with E-state index < -0.39 is 0 Å². The Labute approximate surface area is 142 Å². The van der Waals surface area contributed by atoms with Crippen molar-refractivity contribution in [3.63, 3.8) is 0 Å². The first kappa shape index (κ1) is 15.8. The van der Waals surface area contributed by atoms with Gasteiger partial charge in [0.1, 0.15) is 23.6 Å². The number of halogens is 1. The molecule has 0 saturated carbocycles. The van der Waals surface area contributed by atoms with Crippen molar-refractivity contribution in [3.8, 4) is 0 Å². The summed E-state index contributed by atoms with van der Waals surface area (Å²) >= 11 is 0. The van der Waals surface area contributed by atoms with Crippen LogP contribution >= 0.6 is 0 Å². The number of carbonyl (C=O) groups is 1. The summed E-state index contributed by atoms with van der Waals surface area (Å²) in [6, 6.07) is 4.59. The maximum atomic E-state index is 13.5. The number of nitrogens with zero attached hydrogens (tertiary/aromatic N) is 3. The number of esters is 1. The summed E-state index contributed by atoms with van der Waals surface area (Å²) in [5.41, 5.74) is 1.33. The van der Waals surface area contributed by atoms with Gasteiger partial charge in [-0.3, -0.25) is 4.79 Å². The summed E-state index contributed by atoms with van der Waals surface area (Å²) in [7, 11) is 1.36. The smallest absolute Gasteiger partial charge is 0.308 e. The Bertz CT molecular complexity index is 942. The topological polar surface area (TPSA) is 80.3 Å². The van der Waals surface area contributed by atoms with E-state index >= 15 is 0 Å². The van der Waals surface area contributed by atoms with Crippen LogP contribution < -0.4 is 4.90 Å². The number of morpholine rings is 1. The molecule has 3 aromatic rings. The first-order valence-electron chi connectivity index (χ1n) is 8.01. The summed E-state index contributed by atoms with van der Waals surface area (Å²) in [5.74, 6) is 0.140. The number of nitrogens with one attached hydrogen (secondary N) is 1. The molecule has 1 aliphatic rings. The fourth-order valence-corrected chi connectivity index (χ4v) is 3.23. The lowest BCUT2D eigenvalue weighted by atomic mass is 10.1. The second kappa shape index (κ2) is 6.29. The van der Waals surface area contributed by atoms with Gasteiger partial charge in [0.25, 0.3) is 0 Å². The molecule has 1 saturated heterocycles. The molecule has 25 heavy (non-hydrogen) atoms. The van der Waals surface area contributed by atoms with Crippen molar-refractivity contribution in [2.75, 3.05) is 31.7 Å². The Morgan fingerprint density at radius 3 is 3.20 bits per heavy atom. The van der Waals surface area contributed by atoms with Crippen molar-refractivity contribution in [2.45, 2.75) is 12.5 Å². The normalized spacial score (nSPS) is 18.0. The Balaban J connectivity index is 1.73. The monoisotopic (exact) mass is 344 g/mol. The number of benzene rings is 1. The van der Waals surface area contributed by atoms with Gasteiger partial charge in [0, 0.05) is 18.5 Å². The van der Waals surface area contributed by atoms with Gasteiger partial charge in [-0.1, -0.05) is 0 Å². The number of aromatic nitrogens is 3. The number of rotatable bonds is 3. The van der Waals surface area contributed by atoms with Gasteiger partial charge in [0.05, 0.1) is 37.1 Å². The van der Waals surface area contributed by atoms with Crippen molar-refractivity contribution in [1.29, 1.82) is 0 Å². The highest BCUT2D eigenvalue weighted by molar-refractivity contribution is 6.11. The van der Waals surface area contributed by atoms with E-state index in [-0.39, 0.29) is 24.3 Å². The van der Waals surface area contributed by atoms with Gasteiger partial charge in [-0.25, -0.2) is 14.4 Å². The lowest BCUT2D eigenvalue weighted by Gasteiger charge is -2.33. The third-order valence-corrected chi connectivity index (χ3v) is 4.39. The van der Waals surface area contributed by atoms with Crippen LogP contribution in [0, 0.1) is 5.82 Å². The maximum absolute atomic E-state index is 13.5. The van der Waals surface area contributed by atoms with Gasteiger partial charge in [-0.2, -0.15) is 0 Å². The zero-order chi connectivity index (χ0) is 17.4. The van der Waals surface area contributed by atoms with Gasteiger partial charge in [-0.05, 0) is 18.2 Å². The van der Waals surface area contributed by atoms with E-state index in [2.05, 4.69) is 19.9 Å². The quantitative estimate of drug-likeness (QED) is 0.732. The molecule has 1 atom stereocenters. The van der Waals surface area contributed by atoms with Crippen molar-refractivity contribution in [1.82, 2.24) is 15.0 Å². The summed E-state index contributed by atoms with van der Waals surface area (Å²) < 4.78 is 23.9. The van der Waals surface area contributed by atoms with E-state index in [9.17, 15) is 9.18 Å². The second-order valence-electron chi connectivity index (χ2n) is 5.95. The third-order valence-electron chi connectivity index (χ3n) is 4.39. The molecule has 3 heterocycles. The van der Waals surface area contributed by atoms with E-state index in [1.165, 1.54) is 25.6 Å². The average molecular weight is 344 g/mol. The van der Waals surface area contributed by atoms with Gasteiger partial charge >= 0.3 is 5.97 Å². The summed E-state index contributed by atoms with van der Waals surface area (Å²) in [4.78, 5) is 25.4. The molecule has 7 nitrogen and oxygen atoms in total. The van der Waals surface area contributed by atoms with Crippen molar-refractivity contribution in [3.05, 3.63) is 30.3 Å². The zero-order valence-corrected chi connectivity index (χ0v) is 13.7. The molecule has 0 amide bonds. The molecule has 130 valence electrons. The predicted molar refractivity (Wildman–Crippen MR) is 89.9 cm³/mol. The van der Waals surface area contributed by atoms with Crippen LogP contribution in [0.2, 0.25) is 0 Å². The maximum Gasteiger partial charge on any atom is 0.308 e.